The van der Waals surface area contributed by atoms with Crippen LogP contribution in [0.4, 0.5) is 10.1 Å². The maximum Gasteiger partial charge on any atom is 0.123 e. The van der Waals surface area contributed by atoms with Crippen LogP contribution in [0.15, 0.2) is 66.7 Å². The molecule has 3 aromatic carbocycles. The van der Waals surface area contributed by atoms with Crippen molar-refractivity contribution in [3.8, 4) is 5.75 Å². The summed E-state index contributed by atoms with van der Waals surface area (Å²) in [4.78, 5) is 0. The number of hydrogen-bond donors (Lipinski definition) is 1. The number of hydrogen-bond acceptors (Lipinski definition) is 2. The Kier molecular flexibility index (Phi) is 5.34. The lowest BCUT2D eigenvalue weighted by Crippen LogP contribution is -2.00. The van der Waals surface area contributed by atoms with Crippen LogP contribution in [0, 0.1) is 19.7 Å². The molecule has 0 aromatic heterocycles. The summed E-state index contributed by atoms with van der Waals surface area (Å²) in [6.45, 7) is 5.34. The lowest BCUT2D eigenvalue weighted by Gasteiger charge is -2.10. The molecule has 0 aliphatic heterocycles. The Labute approximate surface area is 148 Å². The van der Waals surface area contributed by atoms with Gasteiger partial charge in [-0.05, 0) is 72.5 Å². The number of nitrogens with one attached hydrogen (secondary N) is 1. The number of aryl methyl sites for hydroxylation is 2. The molecule has 3 heteroatoms. The van der Waals surface area contributed by atoms with Crippen molar-refractivity contribution in [1.29, 1.82) is 0 Å². The molecule has 25 heavy (non-hydrogen) atoms. The van der Waals surface area contributed by atoms with Gasteiger partial charge in [-0.15, -0.1) is 0 Å². The molecule has 0 aliphatic rings. The highest BCUT2D eigenvalue weighted by Gasteiger charge is 2.00. The van der Waals surface area contributed by atoms with Crippen molar-refractivity contribution in [2.45, 2.75) is 27.0 Å². The molecule has 0 atom stereocenters. The molecule has 3 rings (SSSR count). The Morgan fingerprint density at radius 1 is 0.840 bits per heavy atom. The lowest BCUT2D eigenvalue weighted by atomic mass is 10.1. The highest BCUT2D eigenvalue weighted by Crippen LogP contribution is 2.18. The van der Waals surface area contributed by atoms with E-state index >= 15 is 0 Å². The molecule has 0 saturated heterocycles. The smallest absolute Gasteiger partial charge is 0.123 e. The Balaban J connectivity index is 1.54. The summed E-state index contributed by atoms with van der Waals surface area (Å²) < 4.78 is 18.9. The Hall–Kier alpha value is -2.81. The third-order valence-corrected chi connectivity index (χ3v) is 4.22. The first-order chi connectivity index (χ1) is 12.1. The molecule has 2 nitrogen and oxygen atoms in total. The zero-order chi connectivity index (χ0) is 17.6. The van der Waals surface area contributed by atoms with Crippen molar-refractivity contribution in [3.05, 3.63) is 94.8 Å². The van der Waals surface area contributed by atoms with E-state index in [0.29, 0.717) is 6.61 Å². The van der Waals surface area contributed by atoms with Gasteiger partial charge in [-0.25, -0.2) is 4.39 Å². The lowest BCUT2D eigenvalue weighted by molar-refractivity contribution is 0.305. The third-order valence-electron chi connectivity index (χ3n) is 4.22. The minimum Gasteiger partial charge on any atom is -0.489 e. The van der Waals surface area contributed by atoms with Gasteiger partial charge in [0.05, 0.1) is 0 Å². The van der Waals surface area contributed by atoms with Crippen molar-refractivity contribution >= 4 is 5.69 Å². The van der Waals surface area contributed by atoms with E-state index in [4.69, 9.17) is 4.74 Å². The van der Waals surface area contributed by atoms with Crippen LogP contribution < -0.4 is 10.1 Å². The summed E-state index contributed by atoms with van der Waals surface area (Å²) in [5.41, 5.74) is 5.70. The van der Waals surface area contributed by atoms with Gasteiger partial charge in [0.15, 0.2) is 0 Å². The van der Waals surface area contributed by atoms with Crippen LogP contribution in [-0.4, -0.2) is 0 Å². The fraction of sp³-hybridized carbons (Fsp3) is 0.182. The number of anilines is 1. The minimum absolute atomic E-state index is 0.242. The summed E-state index contributed by atoms with van der Waals surface area (Å²) in [6, 6.07) is 20.8. The second-order valence-corrected chi connectivity index (χ2v) is 6.22. The van der Waals surface area contributed by atoms with Gasteiger partial charge in [0, 0.05) is 12.2 Å². The molecule has 0 heterocycles. The summed E-state index contributed by atoms with van der Waals surface area (Å²) in [6.07, 6.45) is 0. The molecular weight excluding hydrogens is 313 g/mol. The molecule has 1 N–H and O–H groups in total. The van der Waals surface area contributed by atoms with Crippen LogP contribution in [0.3, 0.4) is 0 Å². The summed E-state index contributed by atoms with van der Waals surface area (Å²) >= 11 is 0. The van der Waals surface area contributed by atoms with Crippen LogP contribution in [0.2, 0.25) is 0 Å². The average molecular weight is 335 g/mol. The SMILES string of the molecule is Cc1ccc(NCc2ccc(OCc3cccc(F)c3)cc2)cc1C. The van der Waals surface area contributed by atoms with Crippen molar-refractivity contribution in [2.24, 2.45) is 0 Å². The number of rotatable bonds is 6. The van der Waals surface area contributed by atoms with Gasteiger partial charge >= 0.3 is 0 Å². The molecule has 0 unspecified atom stereocenters. The van der Waals surface area contributed by atoms with Gasteiger partial charge in [0.25, 0.3) is 0 Å². The summed E-state index contributed by atoms with van der Waals surface area (Å²) in [5.74, 6) is 0.535. The number of benzene rings is 3. The number of halogens is 1. The molecule has 0 bridgehead atoms. The van der Waals surface area contributed by atoms with Crippen LogP contribution in [-0.2, 0) is 13.2 Å². The van der Waals surface area contributed by atoms with Gasteiger partial charge in [0.2, 0.25) is 0 Å². The summed E-state index contributed by atoms with van der Waals surface area (Å²) in [7, 11) is 0. The van der Waals surface area contributed by atoms with Gasteiger partial charge < -0.3 is 10.1 Å². The highest BCUT2D eigenvalue weighted by atomic mass is 19.1. The second kappa shape index (κ2) is 7.84. The quantitative estimate of drug-likeness (QED) is 0.630. The molecule has 3 aromatic rings. The standard InChI is InChI=1S/C22H22FNO/c1-16-6-9-21(12-17(16)2)24-14-18-7-10-22(11-8-18)25-15-19-4-3-5-20(23)13-19/h3-13,24H,14-15H2,1-2H3. The fourth-order valence-corrected chi connectivity index (χ4v) is 2.55. The van der Waals surface area contributed by atoms with Gasteiger partial charge in [-0.2, -0.15) is 0 Å². The van der Waals surface area contributed by atoms with Crippen molar-refractivity contribution in [3.63, 3.8) is 0 Å². The van der Waals surface area contributed by atoms with E-state index in [1.54, 1.807) is 6.07 Å². The van der Waals surface area contributed by atoms with Crippen LogP contribution in [0.25, 0.3) is 0 Å². The Bertz CT molecular complexity index is 843. The molecule has 0 radical (unpaired) electrons. The normalized spacial score (nSPS) is 10.5. The average Bonchev–Trinajstić information content (AvgIpc) is 2.62. The fourth-order valence-electron chi connectivity index (χ4n) is 2.55. The highest BCUT2D eigenvalue weighted by molar-refractivity contribution is 5.48. The van der Waals surface area contributed by atoms with Crippen molar-refractivity contribution < 1.29 is 9.13 Å². The topological polar surface area (TPSA) is 21.3 Å². The van der Waals surface area contributed by atoms with Crippen molar-refractivity contribution in [2.75, 3.05) is 5.32 Å². The monoisotopic (exact) mass is 335 g/mol. The molecule has 0 aliphatic carbocycles. The summed E-state index contributed by atoms with van der Waals surface area (Å²) in [5, 5.41) is 3.43. The first-order valence-electron chi connectivity index (χ1n) is 8.37. The van der Waals surface area contributed by atoms with Gasteiger partial charge in [-0.3, -0.25) is 0 Å². The predicted molar refractivity (Wildman–Crippen MR) is 100 cm³/mol. The molecule has 0 spiro atoms. The molecule has 0 saturated carbocycles. The van der Waals surface area contributed by atoms with E-state index in [0.717, 1.165) is 23.5 Å². The second-order valence-electron chi connectivity index (χ2n) is 6.22. The third kappa shape index (κ3) is 4.83. The van der Waals surface area contributed by atoms with E-state index in [1.807, 2.05) is 30.3 Å². The molecule has 128 valence electrons. The zero-order valence-corrected chi connectivity index (χ0v) is 14.6. The first kappa shape index (κ1) is 17.0. The molecular formula is C22H22FNO. The Morgan fingerprint density at radius 3 is 2.36 bits per heavy atom. The first-order valence-corrected chi connectivity index (χ1v) is 8.37. The van der Waals surface area contributed by atoms with Crippen LogP contribution in [0.1, 0.15) is 22.3 Å². The van der Waals surface area contributed by atoms with Gasteiger partial charge in [-0.1, -0.05) is 30.3 Å². The number of ether oxygens (including phenoxy) is 1. The van der Waals surface area contributed by atoms with E-state index in [1.165, 1.54) is 28.8 Å². The minimum atomic E-state index is -0.242. The maximum absolute atomic E-state index is 13.2. The van der Waals surface area contributed by atoms with E-state index < -0.39 is 0 Å². The molecule has 0 amide bonds. The van der Waals surface area contributed by atoms with E-state index in [9.17, 15) is 4.39 Å². The molecule has 0 fully saturated rings. The van der Waals surface area contributed by atoms with Crippen molar-refractivity contribution in [1.82, 2.24) is 0 Å². The van der Waals surface area contributed by atoms with Gasteiger partial charge in [0.1, 0.15) is 18.2 Å². The predicted octanol–water partition coefficient (Wildman–Crippen LogP) is 5.63. The maximum atomic E-state index is 13.2. The zero-order valence-electron chi connectivity index (χ0n) is 14.6. The Morgan fingerprint density at radius 2 is 1.64 bits per heavy atom. The largest absolute Gasteiger partial charge is 0.489 e. The van der Waals surface area contributed by atoms with Crippen LogP contribution in [0.5, 0.6) is 5.75 Å². The van der Waals surface area contributed by atoms with Crippen LogP contribution >= 0.6 is 0 Å². The van der Waals surface area contributed by atoms with E-state index in [-0.39, 0.29) is 5.82 Å². The van der Waals surface area contributed by atoms with E-state index in [2.05, 4.69) is 37.4 Å².